The second-order valence-electron chi connectivity index (χ2n) is 4.67. The Morgan fingerprint density at radius 2 is 2.04 bits per heavy atom. The predicted molar refractivity (Wildman–Crippen MR) is 84.4 cm³/mol. The van der Waals surface area contributed by atoms with Crippen molar-refractivity contribution in [3.8, 4) is 22.9 Å². The maximum atomic E-state index is 5.39. The fraction of sp³-hybridized carbons (Fsp3) is 0.188. The van der Waals surface area contributed by atoms with Crippen LogP contribution in [0.25, 0.3) is 11.4 Å². The molecule has 0 saturated heterocycles. The van der Waals surface area contributed by atoms with Gasteiger partial charge < -0.3 is 19.3 Å². The van der Waals surface area contributed by atoms with Gasteiger partial charge in [-0.3, -0.25) is 4.98 Å². The maximum Gasteiger partial charge on any atom is 0.322 e. The van der Waals surface area contributed by atoms with Gasteiger partial charge in [0.05, 0.1) is 14.2 Å². The lowest BCUT2D eigenvalue weighted by atomic mass is 10.2. The van der Waals surface area contributed by atoms with E-state index in [4.69, 9.17) is 14.0 Å². The first-order valence-corrected chi connectivity index (χ1v) is 6.99. The van der Waals surface area contributed by atoms with Crippen molar-refractivity contribution in [3.63, 3.8) is 0 Å². The molecular weight excluding hydrogens is 296 g/mol. The van der Waals surface area contributed by atoms with Gasteiger partial charge in [-0.1, -0.05) is 17.3 Å². The number of pyridine rings is 1. The lowest BCUT2D eigenvalue weighted by Crippen LogP contribution is -2.03. The fourth-order valence-electron chi connectivity index (χ4n) is 2.17. The van der Waals surface area contributed by atoms with E-state index in [0.29, 0.717) is 29.9 Å². The number of hydrogen-bond acceptors (Lipinski definition) is 7. The summed E-state index contributed by atoms with van der Waals surface area (Å²) < 4.78 is 15.9. The fourth-order valence-corrected chi connectivity index (χ4v) is 2.17. The van der Waals surface area contributed by atoms with E-state index in [-0.39, 0.29) is 0 Å². The van der Waals surface area contributed by atoms with Crippen LogP contribution in [-0.2, 0) is 6.54 Å². The van der Waals surface area contributed by atoms with E-state index in [1.54, 1.807) is 26.6 Å². The number of rotatable bonds is 6. The molecule has 0 bridgehead atoms. The highest BCUT2D eigenvalue weighted by Gasteiger charge is 2.12. The first-order chi connectivity index (χ1) is 11.3. The van der Waals surface area contributed by atoms with Gasteiger partial charge in [0.1, 0.15) is 0 Å². The molecule has 1 aromatic carbocycles. The molecule has 1 N–H and O–H groups in total. The van der Waals surface area contributed by atoms with Crippen molar-refractivity contribution in [2.24, 2.45) is 0 Å². The van der Waals surface area contributed by atoms with Crippen LogP contribution in [0.5, 0.6) is 11.5 Å². The van der Waals surface area contributed by atoms with Gasteiger partial charge in [-0.05, 0) is 18.2 Å². The Morgan fingerprint density at radius 1 is 1.13 bits per heavy atom. The minimum atomic E-state index is 0.328. The van der Waals surface area contributed by atoms with E-state index >= 15 is 0 Å². The largest absolute Gasteiger partial charge is 0.493 e. The highest BCUT2D eigenvalue weighted by Crippen LogP contribution is 2.31. The average Bonchev–Trinajstić information content (AvgIpc) is 3.09. The van der Waals surface area contributed by atoms with Crippen LogP contribution < -0.4 is 14.8 Å². The van der Waals surface area contributed by atoms with Crippen LogP contribution in [0.3, 0.4) is 0 Å². The number of nitrogens with zero attached hydrogens (tertiary/aromatic N) is 3. The summed E-state index contributed by atoms with van der Waals surface area (Å²) in [5, 5.41) is 7.01. The summed E-state index contributed by atoms with van der Waals surface area (Å²) in [5.74, 6) is 1.83. The third-order valence-corrected chi connectivity index (χ3v) is 3.26. The van der Waals surface area contributed by atoms with Gasteiger partial charge in [0.15, 0.2) is 11.5 Å². The summed E-state index contributed by atoms with van der Waals surface area (Å²) in [6.07, 6.45) is 3.37. The number of benzene rings is 1. The van der Waals surface area contributed by atoms with Crippen LogP contribution in [-0.4, -0.2) is 29.3 Å². The van der Waals surface area contributed by atoms with Crippen molar-refractivity contribution in [1.29, 1.82) is 0 Å². The van der Waals surface area contributed by atoms with Crippen molar-refractivity contribution >= 4 is 6.01 Å². The van der Waals surface area contributed by atoms with Crippen molar-refractivity contribution < 1.29 is 14.0 Å². The van der Waals surface area contributed by atoms with Crippen molar-refractivity contribution in [3.05, 3.63) is 48.3 Å². The van der Waals surface area contributed by atoms with Gasteiger partial charge in [0.25, 0.3) is 0 Å². The van der Waals surface area contributed by atoms with Crippen LogP contribution >= 0.6 is 0 Å². The van der Waals surface area contributed by atoms with E-state index in [1.165, 1.54) is 0 Å². The molecule has 0 fully saturated rings. The molecule has 2 aromatic heterocycles. The van der Waals surface area contributed by atoms with Crippen LogP contribution in [0.1, 0.15) is 5.56 Å². The number of aromatic nitrogens is 3. The number of anilines is 1. The molecule has 7 heteroatoms. The van der Waals surface area contributed by atoms with Gasteiger partial charge in [-0.25, -0.2) is 0 Å². The van der Waals surface area contributed by atoms with Crippen molar-refractivity contribution in [1.82, 2.24) is 15.1 Å². The van der Waals surface area contributed by atoms with E-state index in [0.717, 1.165) is 11.1 Å². The first-order valence-electron chi connectivity index (χ1n) is 6.99. The molecule has 0 aliphatic heterocycles. The van der Waals surface area contributed by atoms with Crippen molar-refractivity contribution in [2.75, 3.05) is 19.5 Å². The smallest absolute Gasteiger partial charge is 0.322 e. The van der Waals surface area contributed by atoms with Crippen LogP contribution in [0.2, 0.25) is 0 Å². The zero-order chi connectivity index (χ0) is 16.1. The van der Waals surface area contributed by atoms with E-state index < -0.39 is 0 Å². The Labute approximate surface area is 133 Å². The monoisotopic (exact) mass is 312 g/mol. The van der Waals surface area contributed by atoms with E-state index in [9.17, 15) is 0 Å². The molecule has 118 valence electrons. The summed E-state index contributed by atoms with van der Waals surface area (Å²) in [4.78, 5) is 8.33. The zero-order valence-corrected chi connectivity index (χ0v) is 12.8. The minimum absolute atomic E-state index is 0.328. The highest BCUT2D eigenvalue weighted by molar-refractivity contribution is 5.53. The number of para-hydroxylation sites is 1. The quantitative estimate of drug-likeness (QED) is 0.749. The average molecular weight is 312 g/mol. The second-order valence-corrected chi connectivity index (χ2v) is 4.67. The van der Waals surface area contributed by atoms with E-state index in [1.807, 2.05) is 30.3 Å². The lowest BCUT2D eigenvalue weighted by molar-refractivity contribution is 0.352. The maximum absolute atomic E-state index is 5.39. The van der Waals surface area contributed by atoms with Gasteiger partial charge in [-0.15, -0.1) is 0 Å². The molecule has 0 amide bonds. The number of hydrogen-bond donors (Lipinski definition) is 1. The normalized spacial score (nSPS) is 10.3. The molecule has 0 atom stereocenters. The highest BCUT2D eigenvalue weighted by atomic mass is 16.5. The summed E-state index contributed by atoms with van der Waals surface area (Å²) in [5.41, 5.74) is 1.72. The number of ether oxygens (including phenoxy) is 2. The molecule has 0 aliphatic rings. The summed E-state index contributed by atoms with van der Waals surface area (Å²) in [6.45, 7) is 0.467. The molecule has 0 spiro atoms. The Hall–Kier alpha value is -3.09. The van der Waals surface area contributed by atoms with Crippen LogP contribution in [0.4, 0.5) is 6.01 Å². The van der Waals surface area contributed by atoms with Crippen LogP contribution in [0.15, 0.2) is 47.2 Å². The van der Waals surface area contributed by atoms with Gasteiger partial charge in [0.2, 0.25) is 5.82 Å². The summed E-state index contributed by atoms with van der Waals surface area (Å²) >= 11 is 0. The Bertz CT molecular complexity index is 774. The molecule has 0 aliphatic carbocycles. The molecule has 0 saturated carbocycles. The minimum Gasteiger partial charge on any atom is -0.493 e. The molecule has 23 heavy (non-hydrogen) atoms. The Balaban J connectivity index is 1.73. The molecular formula is C16H16N4O3. The predicted octanol–water partition coefficient (Wildman–Crippen LogP) is 2.76. The lowest BCUT2D eigenvalue weighted by Gasteiger charge is -2.12. The molecule has 7 nitrogen and oxygen atoms in total. The third kappa shape index (κ3) is 3.23. The molecule has 3 aromatic rings. The third-order valence-electron chi connectivity index (χ3n) is 3.26. The topological polar surface area (TPSA) is 82.3 Å². The van der Waals surface area contributed by atoms with Crippen molar-refractivity contribution in [2.45, 2.75) is 6.54 Å². The SMILES string of the molecule is COc1cccc(CNc2nc(-c3cccnc3)no2)c1OC. The van der Waals surface area contributed by atoms with Crippen LogP contribution in [0, 0.1) is 0 Å². The second kappa shape index (κ2) is 6.78. The van der Waals surface area contributed by atoms with Gasteiger partial charge >= 0.3 is 6.01 Å². The summed E-state index contributed by atoms with van der Waals surface area (Å²) in [7, 11) is 3.21. The molecule has 3 rings (SSSR count). The Kier molecular flexibility index (Phi) is 4.37. The first kappa shape index (κ1) is 14.8. The number of methoxy groups -OCH3 is 2. The van der Waals surface area contributed by atoms with E-state index in [2.05, 4.69) is 20.4 Å². The van der Waals surface area contributed by atoms with Gasteiger partial charge in [0, 0.05) is 30.1 Å². The summed E-state index contributed by atoms with van der Waals surface area (Å²) in [6, 6.07) is 9.69. The standard InChI is InChI=1S/C16H16N4O3/c1-21-13-7-3-5-11(14(13)22-2)10-18-16-19-15(20-23-16)12-6-4-8-17-9-12/h3-9H,10H2,1-2H3,(H,18,19,20). The zero-order valence-electron chi connectivity index (χ0n) is 12.8. The Morgan fingerprint density at radius 3 is 2.78 bits per heavy atom. The molecule has 0 unspecified atom stereocenters. The molecule has 2 heterocycles. The van der Waals surface area contributed by atoms with Gasteiger partial charge in [-0.2, -0.15) is 4.98 Å². The number of nitrogens with one attached hydrogen (secondary N) is 1. The molecule has 0 radical (unpaired) electrons.